The molecule has 0 fully saturated rings. The molecule has 1 rings (SSSR count). The first kappa shape index (κ1) is 45.6. The Morgan fingerprint density at radius 3 is 1.71 bits per heavy atom. The number of unbranched alkanes of at least 4 members (excludes halogenated alkanes) is 2. The first-order valence-corrected chi connectivity index (χ1v) is 18.3. The normalized spacial score (nSPS) is 14.7. The molecule has 0 heterocycles. The largest absolute Gasteiger partial charge is 0.368 e. The number of amides is 6. The number of carbonyl (C=O) groups excluding carboxylic acids is 6. The summed E-state index contributed by atoms with van der Waals surface area (Å²) in [4.78, 5) is 86.8. The van der Waals surface area contributed by atoms with Crippen molar-refractivity contribution in [2.45, 2.75) is 118 Å². The molecular weight excluding hydrogens is 660 g/mol. The number of rotatable bonds is 20. The summed E-state index contributed by atoms with van der Waals surface area (Å²) in [6.07, 6.45) is 8.49. The molecule has 0 aromatic heterocycles. The van der Waals surface area contributed by atoms with E-state index in [0.717, 1.165) is 18.4 Å². The molecule has 52 heavy (non-hydrogen) atoms. The molecule has 12 nitrogen and oxygen atoms in total. The Bertz CT molecular complexity index is 1410. The van der Waals surface area contributed by atoms with Gasteiger partial charge in [0.15, 0.2) is 0 Å². The zero-order valence-corrected chi connectivity index (χ0v) is 33.5. The van der Waals surface area contributed by atoms with Gasteiger partial charge in [-0.2, -0.15) is 0 Å². The molecule has 0 bridgehead atoms. The van der Waals surface area contributed by atoms with Crippen LogP contribution in [-0.2, 0) is 35.2 Å². The number of primary amides is 1. The number of benzene rings is 1. The molecule has 6 unspecified atom stereocenters. The number of hydrogen-bond acceptors (Lipinski definition) is 6. The number of nitrogens with two attached hydrogens (primary N) is 1. The zero-order chi connectivity index (χ0) is 40.0. The topological polar surface area (TPSA) is 153 Å². The summed E-state index contributed by atoms with van der Waals surface area (Å²) in [5, 5.41) is 2.87. The van der Waals surface area contributed by atoms with Crippen molar-refractivity contribution < 1.29 is 28.8 Å². The van der Waals surface area contributed by atoms with Crippen LogP contribution in [0.15, 0.2) is 30.3 Å². The van der Waals surface area contributed by atoms with Gasteiger partial charge in [0.05, 0.1) is 0 Å². The van der Waals surface area contributed by atoms with E-state index in [4.69, 9.17) is 12.2 Å². The summed E-state index contributed by atoms with van der Waals surface area (Å²) in [7, 11) is 6.12. The van der Waals surface area contributed by atoms with Crippen LogP contribution in [0.3, 0.4) is 0 Å². The van der Waals surface area contributed by atoms with Crippen molar-refractivity contribution in [3.8, 4) is 12.3 Å². The highest BCUT2D eigenvalue weighted by molar-refractivity contribution is 5.96. The fourth-order valence-electron chi connectivity index (χ4n) is 6.50. The molecule has 0 aliphatic rings. The first-order valence-electron chi connectivity index (χ1n) is 18.3. The Hall–Kier alpha value is -4.40. The van der Waals surface area contributed by atoms with Gasteiger partial charge in [0, 0.05) is 47.0 Å². The van der Waals surface area contributed by atoms with Crippen LogP contribution in [0, 0.1) is 36.0 Å². The predicted octanol–water partition coefficient (Wildman–Crippen LogP) is 3.32. The minimum atomic E-state index is -1.03. The van der Waals surface area contributed by atoms with Crippen LogP contribution < -0.4 is 11.1 Å². The summed E-state index contributed by atoms with van der Waals surface area (Å²) in [6, 6.07) is 4.46. The van der Waals surface area contributed by atoms with Gasteiger partial charge in [0.2, 0.25) is 35.4 Å². The van der Waals surface area contributed by atoms with E-state index in [1.54, 1.807) is 34.9 Å². The van der Waals surface area contributed by atoms with Crippen molar-refractivity contribution in [2.24, 2.45) is 29.4 Å². The number of nitrogens with one attached hydrogen (secondary N) is 1. The van der Waals surface area contributed by atoms with E-state index >= 15 is 0 Å². The monoisotopic (exact) mass is 724 g/mol. The van der Waals surface area contributed by atoms with E-state index in [9.17, 15) is 28.8 Å². The lowest BCUT2D eigenvalue weighted by atomic mass is 9.94. The van der Waals surface area contributed by atoms with Crippen LogP contribution in [0.2, 0.25) is 0 Å². The Morgan fingerprint density at radius 2 is 1.23 bits per heavy atom. The van der Waals surface area contributed by atoms with Crippen molar-refractivity contribution >= 4 is 35.4 Å². The fourth-order valence-corrected chi connectivity index (χ4v) is 6.50. The molecule has 12 heteroatoms. The maximum Gasteiger partial charge on any atom is 0.246 e. The smallest absolute Gasteiger partial charge is 0.246 e. The third kappa shape index (κ3) is 12.4. The quantitative estimate of drug-likeness (QED) is 0.156. The average molecular weight is 725 g/mol. The summed E-state index contributed by atoms with van der Waals surface area (Å²) in [6.45, 7) is 14.3. The van der Waals surface area contributed by atoms with Gasteiger partial charge >= 0.3 is 0 Å². The van der Waals surface area contributed by atoms with Crippen molar-refractivity contribution in [3.63, 3.8) is 0 Å². The van der Waals surface area contributed by atoms with Gasteiger partial charge < -0.3 is 30.7 Å². The van der Waals surface area contributed by atoms with Gasteiger partial charge in [0.1, 0.15) is 30.2 Å². The van der Waals surface area contributed by atoms with Crippen molar-refractivity contribution in [1.82, 2.24) is 24.9 Å². The van der Waals surface area contributed by atoms with Crippen LogP contribution in [0.4, 0.5) is 0 Å². The van der Waals surface area contributed by atoms with Gasteiger partial charge in [-0.05, 0) is 43.1 Å². The standard InChI is InChI=1S/C40H64N6O6/c1-14-15-16-18-21-28(8)37(49)46(13)34(27(6)7)40(52)45(12)33(26(4)5)36(48)42-32(25(2)3)39(51)43(10)29(9)38(50)44(11)31(35(41)47)24-30-22-19-17-20-23-30/h1,17,19-20,22-23,25-29,31-34H,15-16,18,21,24H2,2-13H3,(H2,41,47)(H,42,48). The molecule has 3 N–H and O–H groups in total. The number of terminal acetylenes is 1. The molecule has 0 saturated carbocycles. The van der Waals surface area contributed by atoms with Gasteiger partial charge in [0.25, 0.3) is 0 Å². The van der Waals surface area contributed by atoms with E-state index in [0.29, 0.717) is 12.8 Å². The lowest BCUT2D eigenvalue weighted by molar-refractivity contribution is -0.152. The number of likely N-dealkylation sites (N-methyl/N-ethyl adjacent to an activating group) is 4. The highest BCUT2D eigenvalue weighted by Crippen LogP contribution is 2.22. The van der Waals surface area contributed by atoms with Crippen molar-refractivity contribution in [2.75, 3.05) is 28.2 Å². The molecule has 0 aliphatic heterocycles. The van der Waals surface area contributed by atoms with Crippen LogP contribution in [0.25, 0.3) is 0 Å². The minimum absolute atomic E-state index is 0.156. The zero-order valence-electron chi connectivity index (χ0n) is 33.5. The third-order valence-corrected chi connectivity index (χ3v) is 9.88. The molecule has 1 aromatic rings. The Balaban J connectivity index is 3.20. The van der Waals surface area contributed by atoms with Gasteiger partial charge in [-0.1, -0.05) is 85.2 Å². The average Bonchev–Trinajstić information content (AvgIpc) is 3.09. The minimum Gasteiger partial charge on any atom is -0.368 e. The summed E-state index contributed by atoms with van der Waals surface area (Å²) >= 11 is 0. The maximum absolute atomic E-state index is 14.1. The van der Waals surface area contributed by atoms with Crippen LogP contribution in [0.5, 0.6) is 0 Å². The van der Waals surface area contributed by atoms with Crippen molar-refractivity contribution in [3.05, 3.63) is 35.9 Å². The lowest BCUT2D eigenvalue weighted by Gasteiger charge is -2.39. The Morgan fingerprint density at radius 1 is 0.692 bits per heavy atom. The van der Waals surface area contributed by atoms with Gasteiger partial charge in [-0.15, -0.1) is 12.3 Å². The molecule has 6 amide bonds. The van der Waals surface area contributed by atoms with E-state index in [-0.39, 0.29) is 41.9 Å². The molecular formula is C40H64N6O6. The van der Waals surface area contributed by atoms with E-state index < -0.39 is 53.8 Å². The van der Waals surface area contributed by atoms with Crippen LogP contribution >= 0.6 is 0 Å². The van der Waals surface area contributed by atoms with Crippen LogP contribution in [0.1, 0.15) is 86.6 Å². The van der Waals surface area contributed by atoms with Crippen LogP contribution in [-0.4, -0.2) is 113 Å². The Kier molecular flexibility index (Phi) is 18.6. The SMILES string of the molecule is C#CCCCCC(C)C(=O)N(C)C(C(=O)N(C)C(C(=O)NC(C(=O)N(C)C(C)C(=O)N(C)C(Cc1ccccc1)C(N)=O)C(C)C)C(C)C)C(C)C. The molecule has 0 radical (unpaired) electrons. The van der Waals surface area contributed by atoms with E-state index in [2.05, 4.69) is 11.2 Å². The van der Waals surface area contributed by atoms with Gasteiger partial charge in [-0.25, -0.2) is 0 Å². The van der Waals surface area contributed by atoms with Gasteiger partial charge in [-0.3, -0.25) is 28.8 Å². The second kappa shape index (κ2) is 21.2. The number of carbonyl (C=O) groups is 6. The Labute approximate surface area is 312 Å². The molecule has 0 spiro atoms. The second-order valence-corrected chi connectivity index (χ2v) is 15.0. The lowest BCUT2D eigenvalue weighted by Crippen LogP contribution is -2.61. The molecule has 0 aliphatic carbocycles. The molecule has 1 aromatic carbocycles. The third-order valence-electron chi connectivity index (χ3n) is 9.88. The van der Waals surface area contributed by atoms with E-state index in [1.165, 1.54) is 33.7 Å². The predicted molar refractivity (Wildman–Crippen MR) is 204 cm³/mol. The van der Waals surface area contributed by atoms with E-state index in [1.807, 2.05) is 65.0 Å². The number of hydrogen-bond donors (Lipinski definition) is 2. The summed E-state index contributed by atoms with van der Waals surface area (Å²) < 4.78 is 0. The molecule has 6 atom stereocenters. The first-order chi connectivity index (χ1) is 24.2. The second-order valence-electron chi connectivity index (χ2n) is 15.0. The maximum atomic E-state index is 14.1. The highest BCUT2D eigenvalue weighted by Gasteiger charge is 2.41. The fraction of sp³-hybridized carbons (Fsp3) is 0.650. The summed E-state index contributed by atoms with van der Waals surface area (Å²) in [5.41, 5.74) is 6.52. The highest BCUT2D eigenvalue weighted by atomic mass is 16.2. The number of nitrogens with zero attached hydrogens (tertiary/aromatic N) is 4. The molecule has 0 saturated heterocycles. The summed E-state index contributed by atoms with van der Waals surface area (Å²) in [5.74, 6) is -1.40. The van der Waals surface area contributed by atoms with Crippen molar-refractivity contribution in [1.29, 1.82) is 0 Å². The molecule has 290 valence electrons.